The van der Waals surface area contributed by atoms with Gasteiger partial charge in [-0.05, 0) is 18.6 Å². The van der Waals surface area contributed by atoms with Crippen molar-refractivity contribution in [2.75, 3.05) is 0 Å². The van der Waals surface area contributed by atoms with E-state index in [1.807, 2.05) is 12.1 Å². The number of carbonyl (C=O) groups is 1. The van der Waals surface area contributed by atoms with Crippen molar-refractivity contribution in [3.8, 4) is 0 Å². The Hall–Kier alpha value is -1.00. The first-order valence-electron chi connectivity index (χ1n) is 6.11. The van der Waals surface area contributed by atoms with Gasteiger partial charge in [-0.25, -0.2) is 0 Å². The molecular weight excluding hydrogens is 332 g/mol. The van der Waals surface area contributed by atoms with Crippen LogP contribution in [0.25, 0.3) is 11.0 Å². The Morgan fingerprint density at radius 3 is 3.05 bits per heavy atom. The van der Waals surface area contributed by atoms with Crippen LogP contribution in [0, 0.1) is 0 Å². The number of carbonyl (C=O) groups excluding carboxylic acids is 1. The Balaban J connectivity index is 2.05. The summed E-state index contributed by atoms with van der Waals surface area (Å²) in [5, 5.41) is 1.61. The number of furan rings is 1. The summed E-state index contributed by atoms with van der Waals surface area (Å²) in [6.07, 6.45) is 2.19. The van der Waals surface area contributed by atoms with Crippen molar-refractivity contribution in [3.63, 3.8) is 0 Å². The Bertz CT molecular complexity index is 662. The maximum Gasteiger partial charge on any atom is 0.302 e. The third-order valence-corrected chi connectivity index (χ3v) is 4.09. The number of benzene rings is 1. The molecule has 3 nitrogen and oxygen atoms in total. The third kappa shape index (κ3) is 2.39. The molecule has 2 aromatic rings. The van der Waals surface area contributed by atoms with E-state index < -0.39 is 0 Å². The van der Waals surface area contributed by atoms with E-state index in [1.165, 1.54) is 6.92 Å². The molecule has 0 bridgehead atoms. The molecule has 19 heavy (non-hydrogen) atoms. The lowest BCUT2D eigenvalue weighted by Gasteiger charge is -2.21. The van der Waals surface area contributed by atoms with Gasteiger partial charge in [0.05, 0.1) is 5.02 Å². The molecule has 1 aliphatic carbocycles. The third-order valence-electron chi connectivity index (χ3n) is 3.35. The molecule has 0 radical (unpaired) electrons. The highest BCUT2D eigenvalue weighted by Crippen LogP contribution is 2.38. The van der Waals surface area contributed by atoms with Crippen molar-refractivity contribution in [2.45, 2.75) is 32.3 Å². The maximum absolute atomic E-state index is 11.1. The standard InChI is InChI=1S/C14H12BrClO3/c1-7(17)18-9-2-3-13-10(6-9)11-4-8(15)5-12(16)14(11)19-13/h4-5,9H,2-3,6H2,1H3. The fourth-order valence-corrected chi connectivity index (χ4v) is 3.45. The smallest absolute Gasteiger partial charge is 0.302 e. The minimum atomic E-state index is -0.236. The van der Waals surface area contributed by atoms with E-state index in [2.05, 4.69) is 15.9 Å². The quantitative estimate of drug-likeness (QED) is 0.726. The second-order valence-corrected chi connectivity index (χ2v) is 6.07. The zero-order valence-corrected chi connectivity index (χ0v) is 12.7. The molecule has 1 unspecified atom stereocenters. The predicted octanol–water partition coefficient (Wildman–Crippen LogP) is 4.27. The van der Waals surface area contributed by atoms with Crippen molar-refractivity contribution in [3.05, 3.63) is 33.0 Å². The summed E-state index contributed by atoms with van der Waals surface area (Å²) in [6, 6.07) is 3.82. The second-order valence-electron chi connectivity index (χ2n) is 4.74. The topological polar surface area (TPSA) is 39.4 Å². The largest absolute Gasteiger partial charge is 0.462 e. The first-order valence-corrected chi connectivity index (χ1v) is 7.28. The molecule has 1 atom stereocenters. The molecule has 0 N–H and O–H groups in total. The van der Waals surface area contributed by atoms with E-state index >= 15 is 0 Å². The summed E-state index contributed by atoms with van der Waals surface area (Å²) in [4.78, 5) is 11.1. The van der Waals surface area contributed by atoms with Gasteiger partial charge in [-0.3, -0.25) is 4.79 Å². The normalized spacial score (nSPS) is 18.4. The number of esters is 1. The lowest BCUT2D eigenvalue weighted by atomic mass is 9.93. The zero-order chi connectivity index (χ0) is 13.6. The van der Waals surface area contributed by atoms with Gasteiger partial charge in [0.1, 0.15) is 11.9 Å². The Labute approximate surface area is 124 Å². The first kappa shape index (κ1) is 13.0. The van der Waals surface area contributed by atoms with Crippen LogP contribution in [0.3, 0.4) is 0 Å². The molecule has 1 aromatic heterocycles. The predicted molar refractivity (Wildman–Crippen MR) is 76.5 cm³/mol. The van der Waals surface area contributed by atoms with Gasteiger partial charge >= 0.3 is 5.97 Å². The minimum Gasteiger partial charge on any atom is -0.462 e. The van der Waals surface area contributed by atoms with Crippen molar-refractivity contribution in [1.82, 2.24) is 0 Å². The van der Waals surface area contributed by atoms with Crippen molar-refractivity contribution in [2.24, 2.45) is 0 Å². The average molecular weight is 344 g/mol. The summed E-state index contributed by atoms with van der Waals surface area (Å²) < 4.78 is 12.1. The van der Waals surface area contributed by atoms with Crippen LogP contribution >= 0.6 is 27.5 Å². The molecule has 1 heterocycles. The lowest BCUT2D eigenvalue weighted by molar-refractivity contribution is -0.146. The Morgan fingerprint density at radius 1 is 1.53 bits per heavy atom. The molecule has 0 fully saturated rings. The molecule has 0 amide bonds. The van der Waals surface area contributed by atoms with Crippen LogP contribution in [0.1, 0.15) is 24.7 Å². The van der Waals surface area contributed by atoms with E-state index in [1.54, 1.807) is 0 Å². The van der Waals surface area contributed by atoms with Crippen LogP contribution in [-0.2, 0) is 22.4 Å². The number of ether oxygens (including phenoxy) is 1. The zero-order valence-electron chi connectivity index (χ0n) is 10.3. The van der Waals surface area contributed by atoms with Gasteiger partial charge in [0.15, 0.2) is 5.58 Å². The van der Waals surface area contributed by atoms with Gasteiger partial charge in [0.2, 0.25) is 0 Å². The van der Waals surface area contributed by atoms with E-state index in [0.29, 0.717) is 11.4 Å². The number of halogens is 2. The fraction of sp³-hybridized carbons (Fsp3) is 0.357. The molecule has 5 heteroatoms. The number of hydrogen-bond donors (Lipinski definition) is 0. The van der Waals surface area contributed by atoms with Crippen LogP contribution < -0.4 is 0 Å². The number of hydrogen-bond acceptors (Lipinski definition) is 3. The molecule has 3 rings (SSSR count). The van der Waals surface area contributed by atoms with E-state index in [-0.39, 0.29) is 12.1 Å². The van der Waals surface area contributed by atoms with E-state index in [4.69, 9.17) is 20.8 Å². The van der Waals surface area contributed by atoms with Crippen LogP contribution in [0.2, 0.25) is 5.02 Å². The second kappa shape index (κ2) is 4.84. The highest BCUT2D eigenvalue weighted by molar-refractivity contribution is 9.10. The molecule has 0 spiro atoms. The maximum atomic E-state index is 11.1. The van der Waals surface area contributed by atoms with Gasteiger partial charge in [-0.2, -0.15) is 0 Å². The molecule has 1 aliphatic rings. The van der Waals surface area contributed by atoms with Crippen LogP contribution in [0.5, 0.6) is 0 Å². The number of fused-ring (bicyclic) bond motifs is 3. The van der Waals surface area contributed by atoms with Gasteiger partial charge in [-0.15, -0.1) is 0 Å². The number of aryl methyl sites for hydroxylation is 1. The molecule has 0 saturated carbocycles. The van der Waals surface area contributed by atoms with Gasteiger partial charge < -0.3 is 9.15 Å². The summed E-state index contributed by atoms with van der Waals surface area (Å²) in [6.45, 7) is 1.44. The molecule has 100 valence electrons. The fourth-order valence-electron chi connectivity index (χ4n) is 2.61. The van der Waals surface area contributed by atoms with E-state index in [9.17, 15) is 4.79 Å². The molecular formula is C14H12BrClO3. The van der Waals surface area contributed by atoms with Crippen LogP contribution in [0.4, 0.5) is 0 Å². The van der Waals surface area contributed by atoms with Gasteiger partial charge in [0.25, 0.3) is 0 Å². The Kier molecular flexibility index (Phi) is 3.31. The SMILES string of the molecule is CC(=O)OC1CCc2oc3c(Cl)cc(Br)cc3c2C1. The first-order chi connectivity index (χ1) is 9.04. The minimum absolute atomic E-state index is 0.0662. The number of rotatable bonds is 1. The average Bonchev–Trinajstić information content (AvgIpc) is 2.67. The van der Waals surface area contributed by atoms with Gasteiger partial charge in [-0.1, -0.05) is 27.5 Å². The van der Waals surface area contributed by atoms with E-state index in [0.717, 1.165) is 39.6 Å². The lowest BCUT2D eigenvalue weighted by Crippen LogP contribution is -2.23. The summed E-state index contributed by atoms with van der Waals surface area (Å²) in [7, 11) is 0. The van der Waals surface area contributed by atoms with Crippen molar-refractivity contribution >= 4 is 44.5 Å². The van der Waals surface area contributed by atoms with Crippen LogP contribution in [-0.4, -0.2) is 12.1 Å². The van der Waals surface area contributed by atoms with Crippen molar-refractivity contribution < 1.29 is 13.9 Å². The highest BCUT2D eigenvalue weighted by atomic mass is 79.9. The highest BCUT2D eigenvalue weighted by Gasteiger charge is 2.26. The molecule has 0 aliphatic heterocycles. The summed E-state index contributed by atoms with van der Waals surface area (Å²) >= 11 is 9.63. The molecule has 0 saturated heterocycles. The van der Waals surface area contributed by atoms with Crippen molar-refractivity contribution in [1.29, 1.82) is 0 Å². The molecule has 1 aromatic carbocycles. The Morgan fingerprint density at radius 2 is 2.32 bits per heavy atom. The monoisotopic (exact) mass is 342 g/mol. The van der Waals surface area contributed by atoms with Crippen LogP contribution in [0.15, 0.2) is 21.0 Å². The summed E-state index contributed by atoms with van der Waals surface area (Å²) in [5.41, 5.74) is 1.83. The summed E-state index contributed by atoms with van der Waals surface area (Å²) in [5.74, 6) is 0.721. The van der Waals surface area contributed by atoms with Gasteiger partial charge in [0, 0.05) is 35.2 Å².